The molecule has 1 aliphatic rings. The Kier molecular flexibility index (Phi) is 8.23. The summed E-state index contributed by atoms with van der Waals surface area (Å²) in [6, 6.07) is 4.16. The number of carbonyl (C=O) groups excluding carboxylic acids is 1. The van der Waals surface area contributed by atoms with Crippen molar-refractivity contribution >= 4 is 31.9 Å². The fourth-order valence-electron chi connectivity index (χ4n) is 3.25. The first-order valence-corrected chi connectivity index (χ1v) is 11.6. The summed E-state index contributed by atoms with van der Waals surface area (Å²) in [5.74, 6) is -1.57. The van der Waals surface area contributed by atoms with Crippen LogP contribution in [0.1, 0.15) is 33.1 Å². The van der Waals surface area contributed by atoms with Crippen molar-refractivity contribution in [2.45, 2.75) is 39.2 Å². The minimum atomic E-state index is -3.65. The number of piperidine rings is 1. The Labute approximate surface area is 173 Å². The van der Waals surface area contributed by atoms with E-state index in [0.29, 0.717) is 29.5 Å². The van der Waals surface area contributed by atoms with Gasteiger partial charge in [0.25, 0.3) is 0 Å². The van der Waals surface area contributed by atoms with Gasteiger partial charge in [-0.15, -0.1) is 0 Å². The number of benzene rings is 1. The molecule has 2 N–H and O–H groups in total. The van der Waals surface area contributed by atoms with Crippen molar-refractivity contribution in [1.29, 1.82) is 0 Å². The summed E-state index contributed by atoms with van der Waals surface area (Å²) in [6.07, 6.45) is 1.17. The molecular weight excluding hydrogens is 455 g/mol. The summed E-state index contributed by atoms with van der Waals surface area (Å²) in [5, 5.41) is 8.89. The second-order valence-corrected chi connectivity index (χ2v) is 10.2. The molecule has 1 fully saturated rings. The van der Waals surface area contributed by atoms with Gasteiger partial charge in [0, 0.05) is 13.1 Å². The molecule has 7 nitrogen and oxygen atoms in total. The predicted molar refractivity (Wildman–Crippen MR) is 106 cm³/mol. The molecule has 1 aromatic carbocycles. The molecule has 1 heterocycles. The maximum absolute atomic E-state index is 13.2. The smallest absolute Gasteiger partial charge is 0.247 e. The maximum atomic E-state index is 13.2. The third kappa shape index (κ3) is 6.40. The highest BCUT2D eigenvalue weighted by molar-refractivity contribution is 9.10. The zero-order chi connectivity index (χ0) is 20.9. The van der Waals surface area contributed by atoms with Crippen LogP contribution < -0.4 is 10.2 Å². The first-order valence-electron chi connectivity index (χ1n) is 9.16. The normalized spacial score (nSPS) is 17.5. The van der Waals surface area contributed by atoms with Gasteiger partial charge in [0.15, 0.2) is 0 Å². The molecule has 1 aliphatic heterocycles. The number of amides is 1. The number of sulfonamides is 1. The zero-order valence-corrected chi connectivity index (χ0v) is 18.3. The molecule has 0 aliphatic carbocycles. The van der Waals surface area contributed by atoms with Crippen LogP contribution in [0.5, 0.6) is 5.75 Å². The number of hydrogen-bond donors (Lipinski definition) is 2. The van der Waals surface area contributed by atoms with Gasteiger partial charge in [-0.2, -0.15) is 0 Å². The lowest BCUT2D eigenvalue weighted by Crippen LogP contribution is -2.45. The Bertz CT molecular complexity index is 782. The molecule has 1 saturated heterocycles. The Morgan fingerprint density at radius 3 is 2.57 bits per heavy atom. The van der Waals surface area contributed by atoms with E-state index >= 15 is 0 Å². The molecule has 0 radical (unpaired) electrons. The molecule has 10 heteroatoms. The van der Waals surface area contributed by atoms with Gasteiger partial charge >= 0.3 is 0 Å². The highest BCUT2D eigenvalue weighted by atomic mass is 79.9. The minimum Gasteiger partial charge on any atom is -0.489 e. The number of hydrogen-bond acceptors (Lipinski definition) is 5. The number of nitrogens with zero attached hydrogens (tertiary/aromatic N) is 1. The van der Waals surface area contributed by atoms with Crippen molar-refractivity contribution in [1.82, 2.24) is 9.79 Å². The van der Waals surface area contributed by atoms with Crippen LogP contribution in [0.3, 0.4) is 0 Å². The second kappa shape index (κ2) is 10.00. The van der Waals surface area contributed by atoms with E-state index in [0.717, 1.165) is 0 Å². The predicted octanol–water partition coefficient (Wildman–Crippen LogP) is 2.93. The summed E-state index contributed by atoms with van der Waals surface area (Å²) in [7, 11) is -3.65. The van der Waals surface area contributed by atoms with Crippen LogP contribution in [-0.4, -0.2) is 48.8 Å². The highest BCUT2D eigenvalue weighted by Crippen LogP contribution is 2.29. The number of halogens is 2. The van der Waals surface area contributed by atoms with E-state index in [-0.39, 0.29) is 36.7 Å². The van der Waals surface area contributed by atoms with Crippen molar-refractivity contribution in [3.8, 4) is 5.75 Å². The summed E-state index contributed by atoms with van der Waals surface area (Å²) in [6.45, 7) is 4.34. The lowest BCUT2D eigenvalue weighted by molar-refractivity contribution is -0.133. The van der Waals surface area contributed by atoms with Crippen molar-refractivity contribution < 1.29 is 27.5 Å². The van der Waals surface area contributed by atoms with E-state index in [2.05, 4.69) is 15.9 Å². The van der Waals surface area contributed by atoms with Crippen LogP contribution in [0.15, 0.2) is 22.7 Å². The third-order valence-electron chi connectivity index (χ3n) is 4.63. The van der Waals surface area contributed by atoms with E-state index in [1.807, 2.05) is 13.8 Å². The van der Waals surface area contributed by atoms with Crippen LogP contribution in [0, 0.1) is 17.7 Å². The van der Waals surface area contributed by atoms with E-state index in [9.17, 15) is 17.6 Å². The largest absolute Gasteiger partial charge is 0.489 e. The lowest BCUT2D eigenvalue weighted by atomic mass is 9.98. The summed E-state index contributed by atoms with van der Waals surface area (Å²) >= 11 is 3.25. The van der Waals surface area contributed by atoms with Gasteiger partial charge in [-0.1, -0.05) is 13.8 Å². The molecule has 158 valence electrons. The number of carbonyl (C=O) groups is 1. The second-order valence-electron chi connectivity index (χ2n) is 7.37. The van der Waals surface area contributed by atoms with Crippen molar-refractivity contribution in [2.75, 3.05) is 18.8 Å². The molecule has 0 aromatic heterocycles. The Hall–Kier alpha value is -1.23. The molecule has 28 heavy (non-hydrogen) atoms. The van der Waals surface area contributed by atoms with Crippen LogP contribution in [0.4, 0.5) is 4.39 Å². The molecule has 2 rings (SSSR count). The molecule has 1 atom stereocenters. The molecule has 0 bridgehead atoms. The average Bonchev–Trinajstić information content (AvgIpc) is 2.62. The van der Waals surface area contributed by atoms with E-state index in [1.165, 1.54) is 22.5 Å². The topological polar surface area (TPSA) is 95.9 Å². The molecule has 1 aromatic rings. The molecule has 0 saturated carbocycles. The fraction of sp³-hybridized carbons (Fsp3) is 0.611. The SMILES string of the molecule is CC(C)C[C@@H](CS(=O)(=O)N1CCC(Oc2ccc(F)cc2Br)CC1)C(=O)NO. The van der Waals surface area contributed by atoms with Crippen LogP contribution in [0.25, 0.3) is 0 Å². The van der Waals surface area contributed by atoms with E-state index in [1.54, 1.807) is 5.48 Å². The highest BCUT2D eigenvalue weighted by Gasteiger charge is 2.33. The number of nitrogens with one attached hydrogen (secondary N) is 1. The summed E-state index contributed by atoms with van der Waals surface area (Å²) in [4.78, 5) is 11.8. The number of hydroxylamine groups is 1. The monoisotopic (exact) mass is 480 g/mol. The van der Waals surface area contributed by atoms with Gasteiger partial charge < -0.3 is 4.74 Å². The van der Waals surface area contributed by atoms with Gasteiger partial charge in [0.1, 0.15) is 17.7 Å². The fourth-order valence-corrected chi connectivity index (χ4v) is 5.47. The third-order valence-corrected chi connectivity index (χ3v) is 7.23. The summed E-state index contributed by atoms with van der Waals surface area (Å²) < 4.78 is 46.4. The molecule has 1 amide bonds. The first kappa shape index (κ1) is 23.1. The molecular formula is C18H26BrFN2O5S. The van der Waals surface area contributed by atoms with Gasteiger partial charge in [-0.3, -0.25) is 10.0 Å². The van der Waals surface area contributed by atoms with Crippen molar-refractivity contribution in [3.63, 3.8) is 0 Å². The van der Waals surface area contributed by atoms with Gasteiger partial charge in [-0.05, 0) is 59.3 Å². The lowest BCUT2D eigenvalue weighted by Gasteiger charge is -2.32. The first-order chi connectivity index (χ1) is 13.1. The van der Waals surface area contributed by atoms with E-state index in [4.69, 9.17) is 9.94 Å². The number of ether oxygens (including phenoxy) is 1. The van der Waals surface area contributed by atoms with Gasteiger partial charge in [-0.25, -0.2) is 22.6 Å². The Morgan fingerprint density at radius 2 is 2.04 bits per heavy atom. The average molecular weight is 481 g/mol. The Morgan fingerprint density at radius 1 is 1.39 bits per heavy atom. The standard InChI is InChI=1S/C18H26BrFN2O5S/c1-12(2)9-13(18(23)21-24)11-28(25,26)22-7-5-15(6-8-22)27-17-4-3-14(20)10-16(17)19/h3-4,10,12-13,15,24H,5-9,11H2,1-2H3,(H,21,23)/t13-/m0/s1. The minimum absolute atomic E-state index is 0.116. The van der Waals surface area contributed by atoms with Crippen LogP contribution >= 0.6 is 15.9 Å². The van der Waals surface area contributed by atoms with Crippen LogP contribution in [-0.2, 0) is 14.8 Å². The summed E-state index contributed by atoms with van der Waals surface area (Å²) in [5.41, 5.74) is 1.57. The van der Waals surface area contributed by atoms with E-state index < -0.39 is 21.8 Å². The van der Waals surface area contributed by atoms with Crippen molar-refractivity contribution in [2.24, 2.45) is 11.8 Å². The maximum Gasteiger partial charge on any atom is 0.247 e. The number of rotatable bonds is 8. The molecule has 0 spiro atoms. The molecule has 0 unspecified atom stereocenters. The Balaban J connectivity index is 1.95. The van der Waals surface area contributed by atoms with Crippen molar-refractivity contribution in [3.05, 3.63) is 28.5 Å². The van der Waals surface area contributed by atoms with Crippen LogP contribution in [0.2, 0.25) is 0 Å². The van der Waals surface area contributed by atoms with Gasteiger partial charge in [0.05, 0.1) is 16.1 Å². The van der Waals surface area contributed by atoms with Gasteiger partial charge in [0.2, 0.25) is 15.9 Å². The zero-order valence-electron chi connectivity index (χ0n) is 15.9. The quantitative estimate of drug-likeness (QED) is 0.440.